The van der Waals surface area contributed by atoms with Gasteiger partial charge in [-0.15, -0.1) is 0 Å². The fourth-order valence-corrected chi connectivity index (χ4v) is 12.0. The smallest absolute Gasteiger partial charge is 0.306 e. The van der Waals surface area contributed by atoms with Crippen LogP contribution in [-0.4, -0.2) is 69.8 Å². The van der Waals surface area contributed by atoms with E-state index in [9.17, 15) is 9.59 Å². The van der Waals surface area contributed by atoms with Crippen LogP contribution in [0.4, 0.5) is 0 Å². The van der Waals surface area contributed by atoms with Crippen LogP contribution in [0.5, 0.6) is 0 Å². The molecule has 2 aliphatic carbocycles. The highest BCUT2D eigenvalue weighted by molar-refractivity contribution is 6.74. The normalized spacial score (nSPS) is 24.6. The van der Waals surface area contributed by atoms with Crippen LogP contribution in [0.2, 0.25) is 18.1 Å². The summed E-state index contributed by atoms with van der Waals surface area (Å²) in [7, 11) is -2.09. The number of rotatable bonds is 39. The number of carbonyl (C=O) groups excluding carboxylic acids is 2. The molecule has 11 atom stereocenters. The van der Waals surface area contributed by atoms with Gasteiger partial charge in [0.1, 0.15) is 12.2 Å². The second-order valence-electron chi connectivity index (χ2n) is 23.3. The molecule has 0 bridgehead atoms. The Balaban J connectivity index is 2.58. The Hall–Kier alpha value is -2.04. The molecule has 0 aromatic heterocycles. The largest absolute Gasteiger partial charge is 0.462 e. The molecule has 412 valence electrons. The van der Waals surface area contributed by atoms with Crippen LogP contribution in [0.25, 0.3) is 0 Å². The van der Waals surface area contributed by atoms with E-state index in [-0.39, 0.29) is 71.4 Å². The molecule has 0 amide bonds. The van der Waals surface area contributed by atoms with E-state index in [1.54, 1.807) is 0 Å². The van der Waals surface area contributed by atoms with Crippen molar-refractivity contribution in [1.29, 1.82) is 0 Å². The number of hydrogen-bond donors (Lipinski definition) is 0. The third kappa shape index (κ3) is 26.3. The summed E-state index contributed by atoms with van der Waals surface area (Å²) >= 11 is 0. The van der Waals surface area contributed by atoms with Crippen LogP contribution in [0.1, 0.15) is 237 Å². The van der Waals surface area contributed by atoms with Crippen molar-refractivity contribution < 1.29 is 37.7 Å². The van der Waals surface area contributed by atoms with Crippen molar-refractivity contribution in [3.63, 3.8) is 0 Å². The summed E-state index contributed by atoms with van der Waals surface area (Å²) in [5.74, 6) is 0.835. The summed E-state index contributed by atoms with van der Waals surface area (Å²) < 4.78 is 39.6. The predicted octanol–water partition coefficient (Wildman–Crippen LogP) is 17.6. The lowest BCUT2D eigenvalue weighted by Gasteiger charge is -2.39. The van der Waals surface area contributed by atoms with E-state index >= 15 is 0 Å². The summed E-state index contributed by atoms with van der Waals surface area (Å²) in [4.78, 5) is 27.1. The van der Waals surface area contributed by atoms with E-state index < -0.39 is 14.6 Å². The van der Waals surface area contributed by atoms with Crippen molar-refractivity contribution >= 4 is 20.3 Å². The second kappa shape index (κ2) is 36.8. The first-order valence-electron chi connectivity index (χ1n) is 29.5. The minimum atomic E-state index is -2.09. The molecule has 1 unspecified atom stereocenters. The average Bonchev–Trinajstić information content (AvgIpc) is 3.78. The van der Waals surface area contributed by atoms with E-state index in [0.29, 0.717) is 37.7 Å². The maximum absolute atomic E-state index is 13.6. The first-order valence-corrected chi connectivity index (χ1v) is 32.4. The molecule has 0 radical (unpaired) electrons. The second-order valence-corrected chi connectivity index (χ2v) is 28.0. The van der Waals surface area contributed by atoms with Crippen LogP contribution in [-0.2, 0) is 37.7 Å². The predicted molar refractivity (Wildman–Crippen MR) is 301 cm³/mol. The lowest BCUT2D eigenvalue weighted by atomic mass is 9.83. The molecule has 0 N–H and O–H groups in total. The Morgan fingerprint density at radius 1 is 0.620 bits per heavy atom. The van der Waals surface area contributed by atoms with Gasteiger partial charge in [0.05, 0.1) is 24.4 Å². The standard InChI is InChI=1S/C62H112O8Si/c1-15-20-24-28-30-36-49(8)42-44-54-52(58(46-56(54)66-48(6)7)68-60(63)40-32-26-22-17-3)38-34-35-39-53-55(45-43-51(37-31-29-25-21-16-2)70-71(13,14)62(10,11)12)57(67-50(9)65-19-5)47-59(53)69-61(64)41-33-27-23-18-4/h17-18,22-23,34-35,43,45,48-59H,15-16,19-21,24-33,36-42,44,46-47H2,1-14H3/b22-17+,23-18+,35-34+,45-43+/t49-,50?,51-,52+,53+,54+,55+,56+,57+,58-,59-/m0/s1. The van der Waals surface area contributed by atoms with Crippen molar-refractivity contribution in [3.8, 4) is 0 Å². The van der Waals surface area contributed by atoms with Gasteiger partial charge in [-0.3, -0.25) is 9.59 Å². The van der Waals surface area contributed by atoms with Crippen molar-refractivity contribution in [3.05, 3.63) is 48.6 Å². The summed E-state index contributed by atoms with van der Waals surface area (Å²) in [6, 6.07) is 0. The summed E-state index contributed by atoms with van der Waals surface area (Å²) in [6.45, 7) is 31.5. The van der Waals surface area contributed by atoms with Crippen LogP contribution >= 0.6 is 0 Å². The monoisotopic (exact) mass is 1010 g/mol. The third-order valence-corrected chi connectivity index (χ3v) is 20.3. The van der Waals surface area contributed by atoms with Crippen molar-refractivity contribution in [1.82, 2.24) is 0 Å². The SMILES string of the molecule is C/C=C/CCCC(=O)O[C@H]1C[C@@H](OC(C)OCC)[C@H](/C=C/[C@H](CCCCCCC)O[Si](C)(C)C(C)(C)C)[C@H]1C/C=C/C[C@@H]1[C@@H](CC[C@@H](C)CCCCCCC)[C@H](OC(C)C)C[C@@H]1OC(=O)CCC/C=C/C. The van der Waals surface area contributed by atoms with Crippen LogP contribution in [0.3, 0.4) is 0 Å². The minimum absolute atomic E-state index is 0.000687. The molecule has 0 heterocycles. The molecule has 2 rings (SSSR count). The first-order chi connectivity index (χ1) is 33.9. The molecule has 0 spiro atoms. The van der Waals surface area contributed by atoms with E-state index in [4.69, 9.17) is 28.1 Å². The van der Waals surface area contributed by atoms with E-state index in [1.807, 2.05) is 39.8 Å². The minimum Gasteiger partial charge on any atom is -0.462 e. The van der Waals surface area contributed by atoms with Crippen LogP contribution < -0.4 is 0 Å². The Labute approximate surface area is 439 Å². The van der Waals surface area contributed by atoms with Gasteiger partial charge in [-0.05, 0) is 123 Å². The summed E-state index contributed by atoms with van der Waals surface area (Å²) in [6.07, 6.45) is 40.8. The number of ether oxygens (including phenoxy) is 5. The number of esters is 2. The first kappa shape index (κ1) is 65.1. The van der Waals surface area contributed by atoms with Gasteiger partial charge in [0.2, 0.25) is 0 Å². The molecule has 0 aromatic carbocycles. The highest BCUT2D eigenvalue weighted by Crippen LogP contribution is 2.45. The molecular weight excluding hydrogens is 901 g/mol. The highest BCUT2D eigenvalue weighted by atomic mass is 28.4. The number of hydrogen-bond acceptors (Lipinski definition) is 8. The van der Waals surface area contributed by atoms with Gasteiger partial charge in [0, 0.05) is 50.0 Å². The molecule has 0 aromatic rings. The van der Waals surface area contributed by atoms with Gasteiger partial charge in [0.15, 0.2) is 14.6 Å². The average molecular weight is 1010 g/mol. The van der Waals surface area contributed by atoms with E-state index in [0.717, 1.165) is 70.6 Å². The zero-order chi connectivity index (χ0) is 52.7. The zero-order valence-electron chi connectivity index (χ0n) is 48.5. The maximum atomic E-state index is 13.6. The van der Waals surface area contributed by atoms with Crippen LogP contribution in [0, 0.1) is 29.6 Å². The molecule has 0 saturated heterocycles. The molecular formula is C62H112O8Si. The van der Waals surface area contributed by atoms with E-state index in [2.05, 4.69) is 105 Å². The van der Waals surface area contributed by atoms with Crippen molar-refractivity contribution in [2.45, 2.75) is 298 Å². The molecule has 8 nitrogen and oxygen atoms in total. The van der Waals surface area contributed by atoms with Gasteiger partial charge in [-0.25, -0.2) is 0 Å². The fraction of sp³-hybridized carbons (Fsp3) is 0.839. The Kier molecular flexibility index (Phi) is 33.8. The molecule has 71 heavy (non-hydrogen) atoms. The zero-order valence-corrected chi connectivity index (χ0v) is 49.5. The van der Waals surface area contributed by atoms with Crippen LogP contribution in [0.15, 0.2) is 48.6 Å². The maximum Gasteiger partial charge on any atom is 0.306 e. The molecule has 2 fully saturated rings. The quantitative estimate of drug-likeness (QED) is 0.0198. The number of allylic oxidation sites excluding steroid dienone is 6. The Morgan fingerprint density at radius 2 is 1.15 bits per heavy atom. The van der Waals surface area contributed by atoms with E-state index in [1.165, 1.54) is 64.2 Å². The lowest BCUT2D eigenvalue weighted by Crippen LogP contribution is -2.43. The van der Waals surface area contributed by atoms with Gasteiger partial charge < -0.3 is 28.1 Å². The van der Waals surface area contributed by atoms with Gasteiger partial charge in [-0.2, -0.15) is 0 Å². The van der Waals surface area contributed by atoms with Gasteiger partial charge in [-0.1, -0.05) is 167 Å². The highest BCUT2D eigenvalue weighted by Gasteiger charge is 2.47. The topological polar surface area (TPSA) is 89.5 Å². The molecule has 0 aliphatic heterocycles. The fourth-order valence-electron chi connectivity index (χ4n) is 10.7. The van der Waals surface area contributed by atoms with Crippen molar-refractivity contribution in [2.24, 2.45) is 29.6 Å². The number of carbonyl (C=O) groups is 2. The lowest BCUT2D eigenvalue weighted by molar-refractivity contribution is -0.164. The molecule has 9 heteroatoms. The van der Waals surface area contributed by atoms with Crippen molar-refractivity contribution in [2.75, 3.05) is 6.61 Å². The number of unbranched alkanes of at least 4 members (excludes halogenated alkanes) is 10. The Morgan fingerprint density at radius 3 is 1.69 bits per heavy atom. The molecule has 2 aliphatic rings. The Bertz CT molecular complexity index is 1510. The summed E-state index contributed by atoms with van der Waals surface area (Å²) in [5.41, 5.74) is 0. The van der Waals surface area contributed by atoms with Gasteiger partial charge >= 0.3 is 11.9 Å². The van der Waals surface area contributed by atoms with Gasteiger partial charge in [0.25, 0.3) is 0 Å². The third-order valence-electron chi connectivity index (χ3n) is 15.8. The molecule has 2 saturated carbocycles. The summed E-state index contributed by atoms with van der Waals surface area (Å²) in [5, 5.41) is 0.0851.